The molecule has 10 nitrogen and oxygen atoms in total. The second-order valence-corrected chi connectivity index (χ2v) is 5.02. The average Bonchev–Trinajstić information content (AvgIpc) is 2.28. The maximum atomic E-state index is 11.3. The Morgan fingerprint density at radius 3 is 1.89 bits per heavy atom. The molecule has 0 fully saturated rings. The lowest BCUT2D eigenvalue weighted by Crippen LogP contribution is -2.08. The number of nitro groups is 2. The van der Waals surface area contributed by atoms with Gasteiger partial charge < -0.3 is 4.89 Å². The Kier molecular flexibility index (Phi) is 3.54. The highest BCUT2D eigenvalue weighted by Crippen LogP contribution is 2.43. The van der Waals surface area contributed by atoms with E-state index in [-0.39, 0.29) is 5.56 Å². The maximum Gasteiger partial charge on any atom is 0.380 e. The van der Waals surface area contributed by atoms with Crippen LogP contribution >= 0.6 is 7.52 Å². The summed E-state index contributed by atoms with van der Waals surface area (Å²) in [6.07, 6.45) is 0. The van der Waals surface area contributed by atoms with Crippen LogP contribution in [0.4, 0.5) is 11.4 Å². The summed E-state index contributed by atoms with van der Waals surface area (Å²) < 4.78 is 11.3. The van der Waals surface area contributed by atoms with Crippen LogP contribution in [0.25, 0.3) is 0 Å². The molecule has 0 amide bonds. The van der Waals surface area contributed by atoms with Gasteiger partial charge in [-0.3, -0.25) is 24.8 Å². The van der Waals surface area contributed by atoms with Gasteiger partial charge in [-0.25, -0.2) is 0 Å². The number of nitrogens with zero attached hydrogens (tertiary/aromatic N) is 3. The molecule has 0 aliphatic rings. The zero-order valence-corrected chi connectivity index (χ0v) is 9.73. The lowest BCUT2D eigenvalue weighted by molar-refractivity contribution is -0.395. The molecule has 1 N–H and O–H groups in total. The van der Waals surface area contributed by atoms with E-state index >= 15 is 0 Å². The van der Waals surface area contributed by atoms with E-state index in [0.717, 1.165) is 6.92 Å². The number of hydrogen-bond donors (Lipinski definition) is 1. The van der Waals surface area contributed by atoms with Gasteiger partial charge >= 0.3 is 7.52 Å². The summed E-state index contributed by atoms with van der Waals surface area (Å²) >= 11 is 0. The summed E-state index contributed by atoms with van der Waals surface area (Å²) in [5.41, 5.74) is -1.73. The van der Waals surface area contributed by atoms with E-state index in [0.29, 0.717) is 12.1 Å². The molecule has 1 aromatic rings. The first-order valence-electron chi connectivity index (χ1n) is 4.32. The van der Waals surface area contributed by atoms with Gasteiger partial charge in [0, 0.05) is 17.1 Å². The standard InChI is InChI=1S/C7H6N3O7P/c1-4-6(9(12)13)2-5(18(16,17)8-11)3-7(4)10(14)15/h2-3H,1H3,(H,16,17). The van der Waals surface area contributed by atoms with Gasteiger partial charge in [-0.2, -0.15) is 0 Å². The van der Waals surface area contributed by atoms with Crippen LogP contribution in [0.1, 0.15) is 5.56 Å². The minimum absolute atomic E-state index is 0.278. The highest BCUT2D eigenvalue weighted by molar-refractivity contribution is 7.64. The van der Waals surface area contributed by atoms with Crippen molar-refractivity contribution in [3.63, 3.8) is 0 Å². The lowest BCUT2D eigenvalue weighted by atomic mass is 10.1. The molecule has 0 spiro atoms. The van der Waals surface area contributed by atoms with Crippen molar-refractivity contribution in [1.29, 1.82) is 0 Å². The molecule has 18 heavy (non-hydrogen) atoms. The number of hydrogen-bond acceptors (Lipinski definition) is 6. The minimum atomic E-state index is -4.72. The third kappa shape index (κ3) is 2.39. The van der Waals surface area contributed by atoms with Gasteiger partial charge in [0.05, 0.1) is 15.2 Å². The first kappa shape index (κ1) is 13.9. The summed E-state index contributed by atoms with van der Waals surface area (Å²) in [5.74, 6) is 0. The van der Waals surface area contributed by atoms with Gasteiger partial charge in [0.2, 0.25) is 0 Å². The predicted octanol–water partition coefficient (Wildman–Crippen LogP) is 1.39. The summed E-state index contributed by atoms with van der Waals surface area (Å²) in [7, 11) is -4.72. The molecule has 0 heterocycles. The Labute approximate surface area is 99.0 Å². The van der Waals surface area contributed by atoms with Crippen LogP contribution in [0.15, 0.2) is 17.1 Å². The molecule has 1 unspecified atom stereocenters. The van der Waals surface area contributed by atoms with Crippen LogP contribution in [0.2, 0.25) is 0 Å². The largest absolute Gasteiger partial charge is 0.380 e. The molecule has 96 valence electrons. The molecule has 11 heteroatoms. The first-order valence-corrected chi connectivity index (χ1v) is 5.93. The Morgan fingerprint density at radius 2 is 1.61 bits per heavy atom. The van der Waals surface area contributed by atoms with Crippen molar-refractivity contribution >= 4 is 24.2 Å². The quantitative estimate of drug-likeness (QED) is 0.376. The molecule has 1 rings (SSSR count). The normalized spacial score (nSPS) is 13.7. The maximum absolute atomic E-state index is 11.3. The second kappa shape index (κ2) is 4.59. The molecule has 0 bridgehead atoms. The van der Waals surface area contributed by atoms with Gasteiger partial charge in [-0.1, -0.05) is 0 Å². The smallest absolute Gasteiger partial charge is 0.323 e. The number of benzene rings is 1. The van der Waals surface area contributed by atoms with Gasteiger partial charge in [0.1, 0.15) is 5.56 Å². The fraction of sp³-hybridized carbons (Fsp3) is 0.143. The minimum Gasteiger partial charge on any atom is -0.323 e. The van der Waals surface area contributed by atoms with Gasteiger partial charge in [-0.15, -0.1) is 4.91 Å². The molecule has 1 aromatic carbocycles. The molecule has 0 aliphatic heterocycles. The molecular formula is C7H6N3O7P. The van der Waals surface area contributed by atoms with Crippen molar-refractivity contribution in [2.75, 3.05) is 0 Å². The van der Waals surface area contributed by atoms with E-state index in [1.54, 1.807) is 0 Å². The fourth-order valence-corrected chi connectivity index (χ4v) is 1.94. The van der Waals surface area contributed by atoms with Crippen molar-refractivity contribution < 1.29 is 19.3 Å². The number of rotatable bonds is 4. The van der Waals surface area contributed by atoms with Crippen LogP contribution in [-0.4, -0.2) is 14.7 Å². The molecule has 0 saturated heterocycles. The van der Waals surface area contributed by atoms with Gasteiger partial charge in [0.15, 0.2) is 0 Å². The third-order valence-electron chi connectivity index (χ3n) is 2.18. The zero-order chi connectivity index (χ0) is 14.1. The molecule has 0 saturated carbocycles. The Morgan fingerprint density at radius 1 is 1.22 bits per heavy atom. The van der Waals surface area contributed by atoms with Crippen LogP contribution in [0.5, 0.6) is 0 Å². The van der Waals surface area contributed by atoms with Crippen LogP contribution in [0.3, 0.4) is 0 Å². The monoisotopic (exact) mass is 275 g/mol. The molecule has 1 atom stereocenters. The predicted molar refractivity (Wildman–Crippen MR) is 59.7 cm³/mol. The fourth-order valence-electron chi connectivity index (χ4n) is 1.26. The summed E-state index contributed by atoms with van der Waals surface area (Å²) in [5, 5.41) is 20.6. The molecule has 0 aromatic heterocycles. The van der Waals surface area contributed by atoms with Crippen molar-refractivity contribution in [3.05, 3.63) is 42.8 Å². The van der Waals surface area contributed by atoms with E-state index in [2.05, 4.69) is 0 Å². The topological polar surface area (TPSA) is 153 Å². The van der Waals surface area contributed by atoms with Crippen LogP contribution in [-0.2, 0) is 4.57 Å². The number of nitroso groups, excluding NO2 is 1. The van der Waals surface area contributed by atoms with E-state index < -0.39 is 34.0 Å². The van der Waals surface area contributed by atoms with Crippen LogP contribution < -0.4 is 5.30 Å². The SMILES string of the molecule is Cc1c([N+](=O)[O-])cc(P(=O)(O)N=O)cc1[N+](=O)[O-]. The zero-order valence-electron chi connectivity index (χ0n) is 8.84. The summed E-state index contributed by atoms with van der Waals surface area (Å²) in [4.78, 5) is 40.7. The van der Waals surface area contributed by atoms with Crippen LogP contribution in [0, 0.1) is 32.1 Å². The Balaban J connectivity index is 3.68. The van der Waals surface area contributed by atoms with Crippen molar-refractivity contribution in [2.24, 2.45) is 4.95 Å². The van der Waals surface area contributed by atoms with Gasteiger partial charge in [-0.05, 0) is 6.92 Å². The third-order valence-corrected chi connectivity index (χ3v) is 3.33. The molecule has 0 radical (unpaired) electrons. The van der Waals surface area contributed by atoms with Crippen molar-refractivity contribution in [2.45, 2.75) is 6.92 Å². The van der Waals surface area contributed by atoms with Crippen molar-refractivity contribution in [1.82, 2.24) is 0 Å². The number of nitro benzene ring substituents is 2. The Bertz CT molecular complexity index is 564. The van der Waals surface area contributed by atoms with E-state index in [9.17, 15) is 29.7 Å². The van der Waals surface area contributed by atoms with E-state index in [1.165, 1.54) is 0 Å². The van der Waals surface area contributed by atoms with Crippen molar-refractivity contribution in [3.8, 4) is 0 Å². The lowest BCUT2D eigenvalue weighted by Gasteiger charge is -2.05. The Hall–Kier alpha value is -2.19. The average molecular weight is 275 g/mol. The van der Waals surface area contributed by atoms with E-state index in [4.69, 9.17) is 4.89 Å². The summed E-state index contributed by atoms with van der Waals surface area (Å²) in [6, 6.07) is 1.26. The molecular weight excluding hydrogens is 269 g/mol. The van der Waals surface area contributed by atoms with E-state index in [1.807, 2.05) is 4.95 Å². The first-order chi connectivity index (χ1) is 8.20. The summed E-state index contributed by atoms with van der Waals surface area (Å²) in [6.45, 7) is 1.12. The van der Waals surface area contributed by atoms with Gasteiger partial charge in [0.25, 0.3) is 11.4 Å². The second-order valence-electron chi connectivity index (χ2n) is 3.25. The highest BCUT2D eigenvalue weighted by Gasteiger charge is 2.31. The molecule has 0 aliphatic carbocycles. The highest BCUT2D eigenvalue weighted by atomic mass is 31.2.